The third-order valence-electron chi connectivity index (χ3n) is 3.99. The van der Waals surface area contributed by atoms with Gasteiger partial charge in [0.2, 0.25) is 0 Å². The van der Waals surface area contributed by atoms with Crippen LogP contribution in [0.25, 0.3) is 0 Å². The zero-order valence-electron chi connectivity index (χ0n) is 11.7. The molecule has 0 radical (unpaired) electrons. The van der Waals surface area contributed by atoms with E-state index in [1.54, 1.807) is 6.07 Å². The Morgan fingerprint density at radius 3 is 2.89 bits per heavy atom. The number of hydrogen-bond donors (Lipinski definition) is 1. The quantitative estimate of drug-likeness (QED) is 0.897. The first kappa shape index (κ1) is 14.3. The van der Waals surface area contributed by atoms with Crippen LogP contribution in [0.2, 0.25) is 0 Å². The van der Waals surface area contributed by atoms with Crippen LogP contribution in [0.1, 0.15) is 44.6 Å². The van der Waals surface area contributed by atoms with E-state index in [-0.39, 0.29) is 11.9 Å². The number of aryl methyl sites for hydroxylation is 1. The van der Waals surface area contributed by atoms with Crippen molar-refractivity contribution in [3.8, 4) is 5.75 Å². The number of hydrogen-bond acceptors (Lipinski definition) is 2. The Morgan fingerprint density at radius 1 is 1.37 bits per heavy atom. The molecule has 1 fully saturated rings. The average Bonchev–Trinajstić information content (AvgIpc) is 2.38. The first-order valence-corrected chi connectivity index (χ1v) is 7.21. The van der Waals surface area contributed by atoms with Gasteiger partial charge in [0.1, 0.15) is 17.7 Å². The Hall–Kier alpha value is -1.09. The molecule has 0 spiro atoms. The summed E-state index contributed by atoms with van der Waals surface area (Å²) in [4.78, 5) is 0. The Morgan fingerprint density at radius 2 is 2.16 bits per heavy atom. The van der Waals surface area contributed by atoms with E-state index < -0.39 is 6.10 Å². The Kier molecular flexibility index (Phi) is 4.81. The maximum atomic E-state index is 13.3. The van der Waals surface area contributed by atoms with E-state index >= 15 is 0 Å². The highest BCUT2D eigenvalue weighted by atomic mass is 19.1. The molecule has 2 rings (SSSR count). The first-order chi connectivity index (χ1) is 9.10. The van der Waals surface area contributed by atoms with Gasteiger partial charge in [-0.1, -0.05) is 25.8 Å². The lowest BCUT2D eigenvalue weighted by atomic mass is 9.83. The number of aliphatic hydroxyl groups is 1. The second-order valence-corrected chi connectivity index (χ2v) is 5.60. The predicted octanol–water partition coefficient (Wildman–Crippen LogP) is 3.84. The van der Waals surface area contributed by atoms with E-state index in [2.05, 4.69) is 6.92 Å². The van der Waals surface area contributed by atoms with Crippen LogP contribution in [-0.2, 0) is 0 Å². The van der Waals surface area contributed by atoms with Crippen molar-refractivity contribution in [1.29, 1.82) is 0 Å². The molecular weight excluding hydrogens is 243 g/mol. The Balaban J connectivity index is 2.05. The van der Waals surface area contributed by atoms with E-state index in [0.717, 1.165) is 31.2 Å². The SMILES string of the molecule is CCCC1CCC(O)C(Oc2cc(F)ccc2C)C1. The van der Waals surface area contributed by atoms with Crippen LogP contribution in [0.5, 0.6) is 5.75 Å². The van der Waals surface area contributed by atoms with Crippen LogP contribution in [0.4, 0.5) is 4.39 Å². The number of halogens is 1. The van der Waals surface area contributed by atoms with Gasteiger partial charge in [-0.15, -0.1) is 0 Å². The van der Waals surface area contributed by atoms with Crippen molar-refractivity contribution in [3.05, 3.63) is 29.6 Å². The molecule has 3 atom stereocenters. The second-order valence-electron chi connectivity index (χ2n) is 5.60. The zero-order valence-corrected chi connectivity index (χ0v) is 11.7. The molecule has 0 saturated heterocycles. The zero-order chi connectivity index (χ0) is 13.8. The molecule has 0 aliphatic heterocycles. The molecule has 0 bridgehead atoms. The van der Waals surface area contributed by atoms with Gasteiger partial charge >= 0.3 is 0 Å². The lowest BCUT2D eigenvalue weighted by Crippen LogP contribution is -2.38. The van der Waals surface area contributed by atoms with Crippen molar-refractivity contribution < 1.29 is 14.2 Å². The Labute approximate surface area is 114 Å². The molecule has 1 aromatic rings. The predicted molar refractivity (Wildman–Crippen MR) is 73.8 cm³/mol. The fraction of sp³-hybridized carbons (Fsp3) is 0.625. The molecule has 1 aliphatic carbocycles. The molecule has 0 aromatic heterocycles. The molecule has 1 N–H and O–H groups in total. The van der Waals surface area contributed by atoms with Crippen LogP contribution in [0.3, 0.4) is 0 Å². The fourth-order valence-electron chi connectivity index (χ4n) is 2.86. The van der Waals surface area contributed by atoms with Crippen LogP contribution in [0, 0.1) is 18.7 Å². The van der Waals surface area contributed by atoms with Gasteiger partial charge in [0, 0.05) is 6.07 Å². The number of ether oxygens (including phenoxy) is 1. The van der Waals surface area contributed by atoms with Gasteiger partial charge in [0.15, 0.2) is 0 Å². The topological polar surface area (TPSA) is 29.5 Å². The minimum atomic E-state index is -0.434. The lowest BCUT2D eigenvalue weighted by Gasteiger charge is -2.33. The molecule has 0 amide bonds. The minimum absolute atomic E-state index is 0.203. The van der Waals surface area contributed by atoms with Gasteiger partial charge in [0.05, 0.1) is 6.10 Å². The molecule has 106 valence electrons. The van der Waals surface area contributed by atoms with Crippen molar-refractivity contribution in [2.45, 2.75) is 58.2 Å². The molecule has 0 heterocycles. The van der Waals surface area contributed by atoms with Gasteiger partial charge in [-0.3, -0.25) is 0 Å². The minimum Gasteiger partial charge on any atom is -0.487 e. The summed E-state index contributed by atoms with van der Waals surface area (Å²) in [6.07, 6.45) is 4.41. The normalized spacial score (nSPS) is 27.3. The fourth-order valence-corrected chi connectivity index (χ4v) is 2.86. The van der Waals surface area contributed by atoms with Crippen LogP contribution < -0.4 is 4.74 Å². The van der Waals surface area contributed by atoms with Crippen molar-refractivity contribution in [2.24, 2.45) is 5.92 Å². The number of rotatable bonds is 4. The molecule has 1 saturated carbocycles. The van der Waals surface area contributed by atoms with Crippen molar-refractivity contribution in [1.82, 2.24) is 0 Å². The number of aliphatic hydroxyl groups excluding tert-OH is 1. The summed E-state index contributed by atoms with van der Waals surface area (Å²) in [6.45, 7) is 4.07. The van der Waals surface area contributed by atoms with Gasteiger partial charge in [0.25, 0.3) is 0 Å². The summed E-state index contributed by atoms with van der Waals surface area (Å²) >= 11 is 0. The van der Waals surface area contributed by atoms with Gasteiger partial charge < -0.3 is 9.84 Å². The lowest BCUT2D eigenvalue weighted by molar-refractivity contribution is -0.0121. The maximum absolute atomic E-state index is 13.3. The van der Waals surface area contributed by atoms with Crippen molar-refractivity contribution >= 4 is 0 Å². The largest absolute Gasteiger partial charge is 0.487 e. The van der Waals surface area contributed by atoms with E-state index in [1.165, 1.54) is 18.6 Å². The number of benzene rings is 1. The highest BCUT2D eigenvalue weighted by Crippen LogP contribution is 2.32. The van der Waals surface area contributed by atoms with Crippen LogP contribution in [-0.4, -0.2) is 17.3 Å². The standard InChI is InChI=1S/C16H23FO2/c1-3-4-12-6-8-14(18)16(9-12)19-15-10-13(17)7-5-11(15)2/h5,7,10,12,14,16,18H,3-4,6,8-9H2,1-2H3. The highest BCUT2D eigenvalue weighted by Gasteiger charge is 2.30. The summed E-state index contributed by atoms with van der Waals surface area (Å²) in [5.74, 6) is 0.879. The van der Waals surface area contributed by atoms with Crippen molar-refractivity contribution in [3.63, 3.8) is 0 Å². The molecule has 2 nitrogen and oxygen atoms in total. The summed E-state index contributed by atoms with van der Waals surface area (Å²) in [7, 11) is 0. The first-order valence-electron chi connectivity index (χ1n) is 7.21. The highest BCUT2D eigenvalue weighted by molar-refractivity contribution is 5.33. The van der Waals surface area contributed by atoms with Gasteiger partial charge in [-0.2, -0.15) is 0 Å². The van der Waals surface area contributed by atoms with Gasteiger partial charge in [-0.25, -0.2) is 4.39 Å². The molecule has 19 heavy (non-hydrogen) atoms. The molecule has 1 aliphatic rings. The summed E-state index contributed by atoms with van der Waals surface area (Å²) in [5.41, 5.74) is 0.909. The van der Waals surface area contributed by atoms with Gasteiger partial charge in [-0.05, 0) is 43.7 Å². The van der Waals surface area contributed by atoms with E-state index in [1.807, 2.05) is 6.92 Å². The summed E-state index contributed by atoms with van der Waals surface area (Å²) in [5, 5.41) is 10.1. The van der Waals surface area contributed by atoms with Crippen LogP contribution >= 0.6 is 0 Å². The molecule has 3 heteroatoms. The van der Waals surface area contributed by atoms with E-state index in [0.29, 0.717) is 11.7 Å². The average molecular weight is 266 g/mol. The Bertz CT molecular complexity index is 419. The third-order valence-corrected chi connectivity index (χ3v) is 3.99. The molecular formula is C16H23FO2. The maximum Gasteiger partial charge on any atom is 0.126 e. The van der Waals surface area contributed by atoms with E-state index in [4.69, 9.17) is 4.74 Å². The van der Waals surface area contributed by atoms with E-state index in [9.17, 15) is 9.50 Å². The molecule has 1 aromatic carbocycles. The molecule has 3 unspecified atom stereocenters. The van der Waals surface area contributed by atoms with Crippen LogP contribution in [0.15, 0.2) is 18.2 Å². The smallest absolute Gasteiger partial charge is 0.126 e. The third kappa shape index (κ3) is 3.69. The summed E-state index contributed by atoms with van der Waals surface area (Å²) in [6, 6.07) is 4.55. The van der Waals surface area contributed by atoms with Crippen molar-refractivity contribution in [2.75, 3.05) is 0 Å². The monoisotopic (exact) mass is 266 g/mol. The second kappa shape index (κ2) is 6.38. The summed E-state index contributed by atoms with van der Waals surface area (Å²) < 4.78 is 19.1.